The first kappa shape index (κ1) is 11.3. The van der Waals surface area contributed by atoms with Gasteiger partial charge in [0.2, 0.25) is 5.24 Å². The number of hydrogen-bond acceptors (Lipinski definition) is 2. The van der Waals surface area contributed by atoms with E-state index in [0.717, 1.165) is 15.8 Å². The summed E-state index contributed by atoms with van der Waals surface area (Å²) in [5.41, 5.74) is 0.881. The van der Waals surface area contributed by atoms with E-state index in [0.29, 0.717) is 0 Å². The van der Waals surface area contributed by atoms with Crippen molar-refractivity contribution in [3.8, 4) is 5.75 Å². The van der Waals surface area contributed by atoms with Crippen LogP contribution in [0.4, 0.5) is 0 Å². The Morgan fingerprint density at radius 2 is 2.29 bits per heavy atom. The highest BCUT2D eigenvalue weighted by Gasteiger charge is 1.99. The number of rotatable bonds is 3. The van der Waals surface area contributed by atoms with Crippen molar-refractivity contribution in [3.05, 3.63) is 34.3 Å². The van der Waals surface area contributed by atoms with E-state index in [-0.39, 0.29) is 0 Å². The maximum atomic E-state index is 10.5. The van der Waals surface area contributed by atoms with Gasteiger partial charge in [0, 0.05) is 0 Å². The van der Waals surface area contributed by atoms with Crippen LogP contribution in [0.2, 0.25) is 0 Å². The third-order valence-corrected chi connectivity index (χ3v) is 2.33. The largest absolute Gasteiger partial charge is 0.496 e. The molecule has 0 aliphatic carbocycles. The molecule has 0 bridgehead atoms. The summed E-state index contributed by atoms with van der Waals surface area (Å²) in [5.74, 6) is 0.749. The van der Waals surface area contributed by atoms with Gasteiger partial charge in [-0.1, -0.05) is 12.1 Å². The molecule has 0 fully saturated rings. The lowest BCUT2D eigenvalue weighted by atomic mass is 10.2. The zero-order valence-electron chi connectivity index (χ0n) is 7.46. The fraction of sp³-hybridized carbons (Fsp3) is 0.100. The standard InChI is InChI=1S/C10H8BrClO2/c1-14-9-4-2-7(6-8(9)11)3-5-10(12)13/h2-6H,1H3. The second-order valence-electron chi connectivity index (χ2n) is 2.53. The summed E-state index contributed by atoms with van der Waals surface area (Å²) in [7, 11) is 1.60. The highest BCUT2D eigenvalue weighted by Crippen LogP contribution is 2.25. The topological polar surface area (TPSA) is 26.3 Å². The van der Waals surface area contributed by atoms with Crippen LogP contribution < -0.4 is 4.74 Å². The molecule has 0 aromatic heterocycles. The van der Waals surface area contributed by atoms with Crippen molar-refractivity contribution in [2.75, 3.05) is 7.11 Å². The Morgan fingerprint density at radius 1 is 1.57 bits per heavy atom. The lowest BCUT2D eigenvalue weighted by molar-refractivity contribution is -0.107. The van der Waals surface area contributed by atoms with Gasteiger partial charge in [-0.3, -0.25) is 4.79 Å². The quantitative estimate of drug-likeness (QED) is 0.625. The van der Waals surface area contributed by atoms with Gasteiger partial charge in [-0.2, -0.15) is 0 Å². The molecular formula is C10H8BrClO2. The summed E-state index contributed by atoms with van der Waals surface area (Å²) in [6, 6.07) is 5.48. The van der Waals surface area contributed by atoms with Gasteiger partial charge in [0.1, 0.15) is 5.75 Å². The van der Waals surface area contributed by atoms with Crippen molar-refractivity contribution in [1.82, 2.24) is 0 Å². The number of ether oxygens (including phenoxy) is 1. The fourth-order valence-electron chi connectivity index (χ4n) is 0.948. The monoisotopic (exact) mass is 274 g/mol. The molecule has 14 heavy (non-hydrogen) atoms. The van der Waals surface area contributed by atoms with Crippen LogP contribution in [0.3, 0.4) is 0 Å². The highest BCUT2D eigenvalue weighted by molar-refractivity contribution is 9.10. The van der Waals surface area contributed by atoms with E-state index in [9.17, 15) is 4.79 Å². The Morgan fingerprint density at radius 3 is 2.79 bits per heavy atom. The van der Waals surface area contributed by atoms with Gasteiger partial charge in [0.05, 0.1) is 11.6 Å². The lowest BCUT2D eigenvalue weighted by Crippen LogP contribution is -1.84. The molecule has 0 unspecified atom stereocenters. The molecule has 0 spiro atoms. The van der Waals surface area contributed by atoms with Crippen LogP contribution in [0.5, 0.6) is 5.75 Å². The van der Waals surface area contributed by atoms with E-state index in [2.05, 4.69) is 15.9 Å². The number of carbonyl (C=O) groups excluding carboxylic acids is 1. The highest BCUT2D eigenvalue weighted by atomic mass is 79.9. The number of methoxy groups -OCH3 is 1. The smallest absolute Gasteiger partial charge is 0.245 e. The van der Waals surface area contributed by atoms with Crippen molar-refractivity contribution in [3.63, 3.8) is 0 Å². The van der Waals surface area contributed by atoms with Crippen LogP contribution in [-0.2, 0) is 4.79 Å². The van der Waals surface area contributed by atoms with Gasteiger partial charge in [-0.05, 0) is 51.3 Å². The van der Waals surface area contributed by atoms with Crippen LogP contribution >= 0.6 is 27.5 Å². The predicted molar refractivity (Wildman–Crippen MR) is 60.6 cm³/mol. The summed E-state index contributed by atoms with van der Waals surface area (Å²) >= 11 is 8.50. The van der Waals surface area contributed by atoms with Crippen LogP contribution in [0.1, 0.15) is 5.56 Å². The van der Waals surface area contributed by atoms with E-state index < -0.39 is 5.24 Å². The summed E-state index contributed by atoms with van der Waals surface area (Å²) in [4.78, 5) is 10.5. The summed E-state index contributed by atoms with van der Waals surface area (Å²) in [5, 5.41) is -0.489. The van der Waals surface area contributed by atoms with Crippen molar-refractivity contribution >= 4 is 38.8 Å². The Kier molecular flexibility index (Phi) is 4.17. The first-order chi connectivity index (χ1) is 6.63. The zero-order chi connectivity index (χ0) is 10.6. The minimum atomic E-state index is -0.489. The predicted octanol–water partition coefficient (Wildman–Crippen LogP) is 3.24. The molecule has 2 nitrogen and oxygen atoms in total. The van der Waals surface area contributed by atoms with Gasteiger partial charge in [0.15, 0.2) is 0 Å². The van der Waals surface area contributed by atoms with E-state index in [4.69, 9.17) is 16.3 Å². The first-order valence-electron chi connectivity index (χ1n) is 3.84. The summed E-state index contributed by atoms with van der Waals surface area (Å²) in [6.45, 7) is 0. The second kappa shape index (κ2) is 5.17. The molecule has 0 amide bonds. The second-order valence-corrected chi connectivity index (χ2v) is 3.76. The Balaban J connectivity index is 2.91. The van der Waals surface area contributed by atoms with Crippen molar-refractivity contribution in [1.29, 1.82) is 0 Å². The minimum absolute atomic E-state index is 0.489. The molecule has 0 saturated heterocycles. The molecule has 0 atom stereocenters. The lowest BCUT2D eigenvalue weighted by Gasteiger charge is -2.02. The molecule has 0 saturated carbocycles. The molecule has 0 aliphatic heterocycles. The van der Waals surface area contributed by atoms with Crippen LogP contribution in [0.25, 0.3) is 6.08 Å². The molecule has 0 heterocycles. The average molecular weight is 276 g/mol. The molecule has 0 radical (unpaired) electrons. The number of benzene rings is 1. The van der Waals surface area contributed by atoms with E-state index in [1.165, 1.54) is 6.08 Å². The molecule has 0 aliphatic rings. The van der Waals surface area contributed by atoms with Crippen molar-refractivity contribution in [2.45, 2.75) is 0 Å². The number of carbonyl (C=O) groups is 1. The van der Waals surface area contributed by atoms with E-state index in [1.54, 1.807) is 13.2 Å². The van der Waals surface area contributed by atoms with Crippen LogP contribution in [0, 0.1) is 0 Å². The van der Waals surface area contributed by atoms with E-state index in [1.807, 2.05) is 18.2 Å². The number of hydrogen-bond donors (Lipinski definition) is 0. The van der Waals surface area contributed by atoms with E-state index >= 15 is 0 Å². The molecule has 1 aromatic rings. The SMILES string of the molecule is COc1ccc(C=CC(=O)Cl)cc1Br. The number of allylic oxidation sites excluding steroid dienone is 1. The minimum Gasteiger partial charge on any atom is -0.496 e. The zero-order valence-corrected chi connectivity index (χ0v) is 9.80. The molecular weight excluding hydrogens is 267 g/mol. The van der Waals surface area contributed by atoms with Crippen molar-refractivity contribution < 1.29 is 9.53 Å². The molecule has 0 N–H and O–H groups in total. The van der Waals surface area contributed by atoms with Gasteiger partial charge in [0.25, 0.3) is 0 Å². The van der Waals surface area contributed by atoms with Gasteiger partial charge in [-0.15, -0.1) is 0 Å². The summed E-state index contributed by atoms with van der Waals surface area (Å²) < 4.78 is 5.90. The average Bonchev–Trinajstić information content (AvgIpc) is 2.15. The normalized spacial score (nSPS) is 10.5. The fourth-order valence-corrected chi connectivity index (χ4v) is 1.57. The molecule has 4 heteroatoms. The Bertz CT molecular complexity index is 374. The first-order valence-corrected chi connectivity index (χ1v) is 5.01. The summed E-state index contributed by atoms with van der Waals surface area (Å²) in [6.07, 6.45) is 2.94. The van der Waals surface area contributed by atoms with Gasteiger partial charge < -0.3 is 4.74 Å². The Labute approximate surface area is 95.6 Å². The van der Waals surface area contributed by atoms with Crippen LogP contribution in [0.15, 0.2) is 28.7 Å². The maximum Gasteiger partial charge on any atom is 0.245 e. The molecule has 74 valence electrons. The molecule has 1 rings (SSSR count). The number of halogens is 2. The maximum absolute atomic E-state index is 10.5. The van der Waals surface area contributed by atoms with Gasteiger partial charge in [-0.25, -0.2) is 0 Å². The van der Waals surface area contributed by atoms with Gasteiger partial charge >= 0.3 is 0 Å². The third-order valence-electron chi connectivity index (χ3n) is 1.58. The van der Waals surface area contributed by atoms with Crippen molar-refractivity contribution in [2.24, 2.45) is 0 Å². The third kappa shape index (κ3) is 3.16. The Hall–Kier alpha value is -0.800. The van der Waals surface area contributed by atoms with Crippen LogP contribution in [-0.4, -0.2) is 12.4 Å². The molecule has 1 aromatic carbocycles.